The van der Waals surface area contributed by atoms with Crippen LogP contribution in [0.3, 0.4) is 0 Å². The van der Waals surface area contributed by atoms with Gasteiger partial charge in [0.15, 0.2) is 0 Å². The molecule has 0 aliphatic carbocycles. The Hall–Kier alpha value is -1.55. The van der Waals surface area contributed by atoms with Gasteiger partial charge in [0, 0.05) is 26.3 Å². The minimum Gasteiger partial charge on any atom is -0.381 e. The third-order valence-electron chi connectivity index (χ3n) is 2.74. The highest BCUT2D eigenvalue weighted by Gasteiger charge is 1.99. The first kappa shape index (κ1) is 16.5. The largest absolute Gasteiger partial charge is 0.381 e. The van der Waals surface area contributed by atoms with Crippen LogP contribution in [-0.4, -0.2) is 32.3 Å². The summed E-state index contributed by atoms with van der Waals surface area (Å²) in [5.74, 6) is 0.559. The van der Waals surface area contributed by atoms with E-state index in [0.29, 0.717) is 25.6 Å². The molecule has 112 valence electrons. The molecule has 0 radical (unpaired) electrons. The van der Waals surface area contributed by atoms with Crippen LogP contribution in [0.15, 0.2) is 30.3 Å². The fourth-order valence-corrected chi connectivity index (χ4v) is 1.72. The predicted molar refractivity (Wildman–Crippen MR) is 81.8 cm³/mol. The predicted octanol–water partition coefficient (Wildman–Crippen LogP) is 2.59. The van der Waals surface area contributed by atoms with Crippen molar-refractivity contribution in [3.63, 3.8) is 0 Å². The van der Waals surface area contributed by atoms with Crippen molar-refractivity contribution in [1.82, 2.24) is 10.6 Å². The highest BCUT2D eigenvalue weighted by atomic mass is 16.5. The molecule has 0 aliphatic heterocycles. The minimum absolute atomic E-state index is 0.107. The first-order chi connectivity index (χ1) is 9.68. The summed E-state index contributed by atoms with van der Waals surface area (Å²) in [6.07, 6.45) is 1.70. The van der Waals surface area contributed by atoms with Crippen LogP contribution in [-0.2, 0) is 11.2 Å². The third-order valence-corrected chi connectivity index (χ3v) is 2.74. The van der Waals surface area contributed by atoms with Crippen LogP contribution in [0.2, 0.25) is 0 Å². The molecule has 1 aromatic carbocycles. The van der Waals surface area contributed by atoms with Gasteiger partial charge in [-0.05, 0) is 24.3 Å². The molecule has 0 unspecified atom stereocenters. The summed E-state index contributed by atoms with van der Waals surface area (Å²) in [5, 5.41) is 5.68. The summed E-state index contributed by atoms with van der Waals surface area (Å²) in [5.41, 5.74) is 1.23. The molecule has 0 heterocycles. The maximum atomic E-state index is 11.5. The second-order valence-corrected chi connectivity index (χ2v) is 5.24. The molecular weight excluding hydrogens is 252 g/mol. The maximum absolute atomic E-state index is 11.5. The Morgan fingerprint density at radius 3 is 2.55 bits per heavy atom. The Morgan fingerprint density at radius 1 is 1.15 bits per heavy atom. The van der Waals surface area contributed by atoms with Crippen LogP contribution in [0, 0.1) is 5.92 Å². The van der Waals surface area contributed by atoms with E-state index in [1.165, 1.54) is 5.56 Å². The Balaban J connectivity index is 1.95. The van der Waals surface area contributed by atoms with Crippen molar-refractivity contribution in [1.29, 1.82) is 0 Å². The summed E-state index contributed by atoms with van der Waals surface area (Å²) in [4.78, 5) is 11.5. The van der Waals surface area contributed by atoms with Crippen molar-refractivity contribution >= 4 is 6.03 Å². The van der Waals surface area contributed by atoms with Crippen molar-refractivity contribution in [3.05, 3.63) is 35.9 Å². The van der Waals surface area contributed by atoms with Gasteiger partial charge in [0.05, 0.1) is 0 Å². The van der Waals surface area contributed by atoms with Crippen molar-refractivity contribution in [2.45, 2.75) is 26.7 Å². The minimum atomic E-state index is -0.107. The number of ether oxygens (including phenoxy) is 1. The first-order valence-electron chi connectivity index (χ1n) is 7.32. The first-order valence-corrected chi connectivity index (χ1v) is 7.32. The van der Waals surface area contributed by atoms with E-state index in [1.807, 2.05) is 18.2 Å². The number of carbonyl (C=O) groups excluding carboxylic acids is 1. The smallest absolute Gasteiger partial charge is 0.314 e. The Kier molecular flexibility index (Phi) is 8.47. The molecular formula is C16H26N2O2. The normalized spacial score (nSPS) is 10.6. The molecule has 4 heteroatoms. The lowest BCUT2D eigenvalue weighted by Gasteiger charge is -2.09. The fourth-order valence-electron chi connectivity index (χ4n) is 1.72. The lowest BCUT2D eigenvalue weighted by molar-refractivity contribution is 0.108. The van der Waals surface area contributed by atoms with Gasteiger partial charge >= 0.3 is 6.03 Å². The second kappa shape index (κ2) is 10.3. The zero-order valence-electron chi connectivity index (χ0n) is 12.5. The van der Waals surface area contributed by atoms with Crippen molar-refractivity contribution in [3.8, 4) is 0 Å². The molecule has 4 nitrogen and oxygen atoms in total. The molecule has 0 bridgehead atoms. The van der Waals surface area contributed by atoms with E-state index in [-0.39, 0.29) is 6.03 Å². The lowest BCUT2D eigenvalue weighted by atomic mass is 10.1. The SMILES string of the molecule is CC(C)COCCCNC(=O)NCCc1ccccc1. The second-order valence-electron chi connectivity index (χ2n) is 5.24. The molecule has 0 aromatic heterocycles. The molecule has 2 amide bonds. The molecule has 0 atom stereocenters. The Labute approximate surface area is 121 Å². The number of urea groups is 1. The molecule has 1 aromatic rings. The van der Waals surface area contributed by atoms with Gasteiger partial charge in [-0.1, -0.05) is 44.2 Å². The molecule has 0 fully saturated rings. The van der Waals surface area contributed by atoms with Gasteiger partial charge in [0.2, 0.25) is 0 Å². The summed E-state index contributed by atoms with van der Waals surface area (Å²) < 4.78 is 5.44. The van der Waals surface area contributed by atoms with Crippen molar-refractivity contribution in [2.75, 3.05) is 26.3 Å². The zero-order chi connectivity index (χ0) is 14.6. The fraction of sp³-hybridized carbons (Fsp3) is 0.562. The van der Waals surface area contributed by atoms with Crippen LogP contribution >= 0.6 is 0 Å². The number of rotatable bonds is 9. The van der Waals surface area contributed by atoms with Gasteiger partial charge < -0.3 is 15.4 Å². The van der Waals surface area contributed by atoms with E-state index in [1.54, 1.807) is 0 Å². The highest BCUT2D eigenvalue weighted by Crippen LogP contribution is 1.98. The number of nitrogens with one attached hydrogen (secondary N) is 2. The number of benzene rings is 1. The number of amides is 2. The molecule has 0 saturated carbocycles. The Bertz CT molecular complexity index is 366. The van der Waals surface area contributed by atoms with Crippen LogP contribution in [0.1, 0.15) is 25.8 Å². The number of carbonyl (C=O) groups is 1. The topological polar surface area (TPSA) is 50.4 Å². The van der Waals surface area contributed by atoms with Crippen LogP contribution in [0.4, 0.5) is 4.79 Å². The van der Waals surface area contributed by atoms with Crippen molar-refractivity contribution < 1.29 is 9.53 Å². The van der Waals surface area contributed by atoms with E-state index in [2.05, 4.69) is 36.6 Å². The van der Waals surface area contributed by atoms with Gasteiger partial charge in [-0.3, -0.25) is 0 Å². The number of hydrogen-bond donors (Lipinski definition) is 2. The third kappa shape index (κ3) is 8.53. The monoisotopic (exact) mass is 278 g/mol. The van der Waals surface area contributed by atoms with Gasteiger partial charge in [-0.25, -0.2) is 4.79 Å². The van der Waals surface area contributed by atoms with E-state index < -0.39 is 0 Å². The maximum Gasteiger partial charge on any atom is 0.314 e. The quantitative estimate of drug-likeness (QED) is 0.682. The lowest BCUT2D eigenvalue weighted by Crippen LogP contribution is -2.37. The van der Waals surface area contributed by atoms with E-state index in [9.17, 15) is 4.79 Å². The van der Waals surface area contributed by atoms with E-state index in [0.717, 1.165) is 19.4 Å². The van der Waals surface area contributed by atoms with Gasteiger partial charge in [0.25, 0.3) is 0 Å². The molecule has 0 spiro atoms. The summed E-state index contributed by atoms with van der Waals surface area (Å²) in [6, 6.07) is 10.0. The summed E-state index contributed by atoms with van der Waals surface area (Å²) in [7, 11) is 0. The Morgan fingerprint density at radius 2 is 1.85 bits per heavy atom. The standard InChI is InChI=1S/C16H26N2O2/c1-14(2)13-20-12-6-10-17-16(19)18-11-9-15-7-4-3-5-8-15/h3-5,7-8,14H,6,9-13H2,1-2H3,(H2,17,18,19). The highest BCUT2D eigenvalue weighted by molar-refractivity contribution is 5.73. The molecule has 0 aliphatic rings. The molecule has 0 saturated heterocycles. The molecule has 1 rings (SSSR count). The summed E-state index contributed by atoms with van der Waals surface area (Å²) >= 11 is 0. The molecule has 20 heavy (non-hydrogen) atoms. The average molecular weight is 278 g/mol. The van der Waals surface area contributed by atoms with Gasteiger partial charge in [0.1, 0.15) is 0 Å². The van der Waals surface area contributed by atoms with Gasteiger partial charge in [-0.15, -0.1) is 0 Å². The van der Waals surface area contributed by atoms with Crippen LogP contribution < -0.4 is 10.6 Å². The van der Waals surface area contributed by atoms with Crippen LogP contribution in [0.25, 0.3) is 0 Å². The van der Waals surface area contributed by atoms with E-state index >= 15 is 0 Å². The zero-order valence-corrected chi connectivity index (χ0v) is 12.5. The molecule has 2 N–H and O–H groups in total. The average Bonchev–Trinajstić information content (AvgIpc) is 2.43. The van der Waals surface area contributed by atoms with E-state index in [4.69, 9.17) is 4.74 Å². The van der Waals surface area contributed by atoms with Crippen LogP contribution in [0.5, 0.6) is 0 Å². The van der Waals surface area contributed by atoms with Crippen molar-refractivity contribution in [2.24, 2.45) is 5.92 Å². The number of hydrogen-bond acceptors (Lipinski definition) is 2. The summed E-state index contributed by atoms with van der Waals surface area (Å²) in [6.45, 7) is 7.03. The van der Waals surface area contributed by atoms with Gasteiger partial charge in [-0.2, -0.15) is 0 Å².